The first-order valence-electron chi connectivity index (χ1n) is 7.80. The average molecular weight is 419 g/mol. The predicted octanol–water partition coefficient (Wildman–Crippen LogP) is 3.84. The molecule has 26 heavy (non-hydrogen) atoms. The highest BCUT2D eigenvalue weighted by Gasteiger charge is 2.85. The number of halogens is 8. The lowest BCUT2D eigenvalue weighted by atomic mass is 9.75. The molecule has 0 aromatic rings. The van der Waals surface area contributed by atoms with E-state index in [-0.39, 0.29) is 17.2 Å². The van der Waals surface area contributed by atoms with E-state index in [9.17, 15) is 43.5 Å². The van der Waals surface area contributed by atoms with Crippen LogP contribution in [0.5, 0.6) is 0 Å². The first-order chi connectivity index (χ1) is 11.6. The first-order valence-corrected chi connectivity index (χ1v) is 9.24. The zero-order valence-electron chi connectivity index (χ0n) is 13.2. The van der Waals surface area contributed by atoms with Gasteiger partial charge in [0, 0.05) is 13.1 Å². The number of hydrogen-bond donors (Lipinski definition) is 1. The van der Waals surface area contributed by atoms with Crippen LogP contribution < -0.4 is 0 Å². The Hall–Kier alpha value is -0.690. The summed E-state index contributed by atoms with van der Waals surface area (Å²) in [4.78, 5) is -0.298. The van der Waals surface area contributed by atoms with Crippen LogP contribution >= 0.6 is 0 Å². The monoisotopic (exact) mass is 419 g/mol. The highest BCUT2D eigenvalue weighted by atomic mass is 32.2. The van der Waals surface area contributed by atoms with Crippen molar-refractivity contribution in [2.24, 2.45) is 11.8 Å². The molecule has 2 atom stereocenters. The first kappa shape index (κ1) is 21.6. The number of alkyl halides is 8. The number of nitrogens with zero attached hydrogens (tertiary/aromatic N) is 1. The van der Waals surface area contributed by atoms with Gasteiger partial charge >= 0.3 is 33.3 Å². The molecule has 0 aromatic heterocycles. The Morgan fingerprint density at radius 2 is 1.31 bits per heavy atom. The van der Waals surface area contributed by atoms with Gasteiger partial charge in [0.15, 0.2) is 0 Å². The van der Waals surface area contributed by atoms with Gasteiger partial charge in [0.05, 0.1) is 0 Å². The second-order valence-corrected chi connectivity index (χ2v) is 8.18. The molecule has 154 valence electrons. The van der Waals surface area contributed by atoms with E-state index in [4.69, 9.17) is 4.55 Å². The smallest absolute Gasteiger partial charge is 0.281 e. The van der Waals surface area contributed by atoms with E-state index in [0.717, 1.165) is 6.42 Å². The standard InChI is InChI=1S/C13H17F8NO3S/c14-10(15,11(16,17)13(20,21)26(23,24)25)12(18,19)22-6-5-8-3-1-2-4-9(8)7-22/h8-9H,1-7H2,(H,23,24,25). The molecule has 2 unspecified atom stereocenters. The average Bonchev–Trinajstić information content (AvgIpc) is 2.52. The van der Waals surface area contributed by atoms with Crippen LogP contribution in [0.15, 0.2) is 0 Å². The van der Waals surface area contributed by atoms with Crippen LogP contribution in [0.25, 0.3) is 0 Å². The Morgan fingerprint density at radius 1 is 0.808 bits per heavy atom. The van der Waals surface area contributed by atoms with Crippen molar-refractivity contribution in [3.05, 3.63) is 0 Å². The lowest BCUT2D eigenvalue weighted by Gasteiger charge is -2.46. The largest absolute Gasteiger partial charge is 0.438 e. The topological polar surface area (TPSA) is 57.6 Å². The molecule has 1 saturated carbocycles. The zero-order valence-corrected chi connectivity index (χ0v) is 14.1. The van der Waals surface area contributed by atoms with Gasteiger partial charge in [0.25, 0.3) is 0 Å². The molecule has 0 radical (unpaired) electrons. The van der Waals surface area contributed by atoms with Crippen LogP contribution in [0, 0.1) is 11.8 Å². The molecule has 1 N–H and O–H groups in total. The number of fused-ring (bicyclic) bond motifs is 1. The quantitative estimate of drug-likeness (QED) is 0.418. The van der Waals surface area contributed by atoms with E-state index in [1.807, 2.05) is 0 Å². The minimum absolute atomic E-state index is 0.0105. The normalized spacial score (nSPS) is 27.3. The number of hydrogen-bond acceptors (Lipinski definition) is 3. The van der Waals surface area contributed by atoms with Gasteiger partial charge in [-0.2, -0.15) is 43.5 Å². The highest BCUT2D eigenvalue weighted by molar-refractivity contribution is 7.87. The molecule has 2 fully saturated rings. The van der Waals surface area contributed by atoms with Crippen molar-refractivity contribution in [2.75, 3.05) is 13.1 Å². The van der Waals surface area contributed by atoms with E-state index < -0.39 is 52.3 Å². The molecule has 0 spiro atoms. The van der Waals surface area contributed by atoms with Gasteiger partial charge in [-0.15, -0.1) is 0 Å². The summed E-state index contributed by atoms with van der Waals surface area (Å²) in [5.41, 5.74) is 0. The van der Waals surface area contributed by atoms with Crippen molar-refractivity contribution in [1.82, 2.24) is 4.90 Å². The minimum Gasteiger partial charge on any atom is -0.281 e. The second kappa shape index (κ2) is 6.43. The molecule has 2 aliphatic rings. The summed E-state index contributed by atoms with van der Waals surface area (Å²) in [7, 11) is -7.07. The summed E-state index contributed by atoms with van der Waals surface area (Å²) in [5, 5.41) is -6.80. The van der Waals surface area contributed by atoms with Crippen LogP contribution in [0.2, 0.25) is 0 Å². The molecule has 0 aromatic carbocycles. The van der Waals surface area contributed by atoms with Crippen LogP contribution in [0.4, 0.5) is 35.1 Å². The summed E-state index contributed by atoms with van der Waals surface area (Å²) in [6.07, 6.45) is 2.58. The lowest BCUT2D eigenvalue weighted by Crippen LogP contribution is -2.69. The van der Waals surface area contributed by atoms with Crippen LogP contribution in [0.3, 0.4) is 0 Å². The van der Waals surface area contributed by atoms with Crippen LogP contribution in [-0.2, 0) is 10.1 Å². The summed E-state index contributed by atoms with van der Waals surface area (Å²) in [5.74, 6) is -14.3. The van der Waals surface area contributed by atoms with Gasteiger partial charge in [0.2, 0.25) is 0 Å². The van der Waals surface area contributed by atoms with Crippen molar-refractivity contribution < 1.29 is 48.1 Å². The van der Waals surface area contributed by atoms with Gasteiger partial charge in [0.1, 0.15) is 0 Å². The third-order valence-corrected chi connectivity index (χ3v) is 6.05. The molecule has 1 aliphatic heterocycles. The lowest BCUT2D eigenvalue weighted by molar-refractivity contribution is -0.385. The van der Waals surface area contributed by atoms with Crippen molar-refractivity contribution in [2.45, 2.75) is 55.3 Å². The molecule has 1 saturated heterocycles. The van der Waals surface area contributed by atoms with Crippen molar-refractivity contribution >= 4 is 10.1 Å². The predicted molar refractivity (Wildman–Crippen MR) is 73.0 cm³/mol. The summed E-state index contributed by atoms with van der Waals surface area (Å²) in [6, 6.07) is -5.74. The molecule has 4 nitrogen and oxygen atoms in total. The van der Waals surface area contributed by atoms with Crippen molar-refractivity contribution in [3.8, 4) is 0 Å². The second-order valence-electron chi connectivity index (χ2n) is 6.72. The van der Waals surface area contributed by atoms with Gasteiger partial charge in [-0.25, -0.2) is 4.90 Å². The third-order valence-electron chi connectivity index (χ3n) is 5.15. The van der Waals surface area contributed by atoms with Gasteiger partial charge in [-0.3, -0.25) is 4.55 Å². The number of likely N-dealkylation sites (tertiary alicyclic amines) is 1. The Kier molecular flexibility index (Phi) is 5.35. The fourth-order valence-corrected chi connectivity index (χ4v) is 4.04. The third kappa shape index (κ3) is 3.09. The maximum atomic E-state index is 14.1. The van der Waals surface area contributed by atoms with Crippen LogP contribution in [0.1, 0.15) is 32.1 Å². The van der Waals surface area contributed by atoms with E-state index in [2.05, 4.69) is 0 Å². The Bertz CT molecular complexity index is 639. The van der Waals surface area contributed by atoms with E-state index in [1.54, 1.807) is 0 Å². The molecule has 1 aliphatic carbocycles. The highest BCUT2D eigenvalue weighted by Crippen LogP contribution is 2.55. The fraction of sp³-hybridized carbons (Fsp3) is 1.00. The van der Waals surface area contributed by atoms with Gasteiger partial charge in [-0.05, 0) is 24.7 Å². The zero-order chi connectivity index (χ0) is 20.2. The summed E-state index contributed by atoms with van der Waals surface area (Å²) < 4.78 is 138. The van der Waals surface area contributed by atoms with Crippen molar-refractivity contribution in [3.63, 3.8) is 0 Å². The summed E-state index contributed by atoms with van der Waals surface area (Å²) >= 11 is 0. The Labute approximate surface area is 144 Å². The van der Waals surface area contributed by atoms with Crippen molar-refractivity contribution in [1.29, 1.82) is 0 Å². The molecular weight excluding hydrogens is 402 g/mol. The maximum Gasteiger partial charge on any atom is 0.438 e. The molecule has 1 heterocycles. The SMILES string of the molecule is O=S(=O)(O)C(F)(F)C(F)(F)C(F)(F)C(F)(F)N1CCC2CCCCC2C1. The molecule has 0 amide bonds. The number of piperidine rings is 1. The molecular formula is C13H17F8NO3S. The van der Waals surface area contributed by atoms with Gasteiger partial charge in [-0.1, -0.05) is 19.3 Å². The maximum absolute atomic E-state index is 14.1. The minimum atomic E-state index is -7.07. The Balaban J connectivity index is 2.33. The van der Waals surface area contributed by atoms with E-state index >= 15 is 0 Å². The Morgan fingerprint density at radius 3 is 1.81 bits per heavy atom. The fourth-order valence-electron chi connectivity index (χ4n) is 3.59. The number of rotatable bonds is 5. The molecule has 0 bridgehead atoms. The molecule has 13 heteroatoms. The van der Waals surface area contributed by atoms with Crippen LogP contribution in [-0.4, -0.2) is 54.1 Å². The molecule has 2 rings (SSSR count). The summed E-state index contributed by atoms with van der Waals surface area (Å²) in [6.45, 7) is -1.42. The van der Waals surface area contributed by atoms with Gasteiger partial charge < -0.3 is 0 Å². The van der Waals surface area contributed by atoms with E-state index in [0.29, 0.717) is 19.3 Å². The van der Waals surface area contributed by atoms with E-state index in [1.165, 1.54) is 0 Å².